The molecular formula is C13H20N5O5P. The number of hydrogen-bond donors (Lipinski definition) is 4. The molecule has 2 aromatic rings. The van der Waals surface area contributed by atoms with Crippen molar-refractivity contribution in [1.29, 1.82) is 0 Å². The summed E-state index contributed by atoms with van der Waals surface area (Å²) in [5.41, 5.74) is 6.74. The van der Waals surface area contributed by atoms with E-state index in [0.29, 0.717) is 17.6 Å². The van der Waals surface area contributed by atoms with E-state index in [0.717, 1.165) is 0 Å². The molecule has 0 saturated heterocycles. The molecule has 0 aromatic carbocycles. The Morgan fingerprint density at radius 2 is 2.25 bits per heavy atom. The Labute approximate surface area is 137 Å². The van der Waals surface area contributed by atoms with Crippen molar-refractivity contribution in [2.75, 3.05) is 18.9 Å². The van der Waals surface area contributed by atoms with Crippen molar-refractivity contribution >= 4 is 24.6 Å². The molecule has 10 nitrogen and oxygen atoms in total. The van der Waals surface area contributed by atoms with Crippen LogP contribution in [0.1, 0.15) is 19.4 Å². The van der Waals surface area contributed by atoms with Gasteiger partial charge in [0.25, 0.3) is 0 Å². The normalized spacial score (nSPS) is 27.6. The summed E-state index contributed by atoms with van der Waals surface area (Å²) in [5, 5.41) is 19.9. The second-order valence-electron chi connectivity index (χ2n) is 5.79. The standard InChI is InChI=1S/C13H20N5O5P/c1-2-23-24(21,22)13(20)7-3-9(8(7)4-19)18-6-17-10-11(14)15-5-16-12(10)18/h5-9,13,19-20H,2-4H2,1H3,(H,21,22)(H2,14,15,16). The molecule has 1 fully saturated rings. The number of imidazole rings is 1. The maximum absolute atomic E-state index is 12.0. The van der Waals surface area contributed by atoms with E-state index >= 15 is 0 Å². The molecule has 0 aliphatic heterocycles. The lowest BCUT2D eigenvalue weighted by molar-refractivity contribution is -0.0305. The highest BCUT2D eigenvalue weighted by Crippen LogP contribution is 2.57. The van der Waals surface area contributed by atoms with Crippen molar-refractivity contribution in [1.82, 2.24) is 19.5 Å². The van der Waals surface area contributed by atoms with Gasteiger partial charge in [0.05, 0.1) is 12.9 Å². The molecule has 0 amide bonds. The lowest BCUT2D eigenvalue weighted by Crippen LogP contribution is -2.46. The minimum absolute atomic E-state index is 0.0210. The lowest BCUT2D eigenvalue weighted by Gasteiger charge is -2.46. The van der Waals surface area contributed by atoms with Crippen LogP contribution in [-0.4, -0.2) is 53.7 Å². The minimum atomic E-state index is -4.14. The molecule has 1 aliphatic carbocycles. The third-order valence-corrected chi connectivity index (χ3v) is 6.22. The highest BCUT2D eigenvalue weighted by atomic mass is 31.2. The van der Waals surface area contributed by atoms with Crippen molar-refractivity contribution in [2.45, 2.75) is 25.2 Å². The number of rotatable bonds is 6. The number of nitrogens with zero attached hydrogens (tertiary/aromatic N) is 4. The topological polar surface area (TPSA) is 157 Å². The van der Waals surface area contributed by atoms with Crippen LogP contribution in [0.2, 0.25) is 0 Å². The van der Waals surface area contributed by atoms with E-state index in [9.17, 15) is 19.7 Å². The van der Waals surface area contributed by atoms with Gasteiger partial charge >= 0.3 is 7.60 Å². The molecule has 5 N–H and O–H groups in total. The van der Waals surface area contributed by atoms with E-state index in [-0.39, 0.29) is 25.1 Å². The average molecular weight is 357 g/mol. The summed E-state index contributed by atoms with van der Waals surface area (Å²) in [6.45, 7) is 1.34. The number of aliphatic hydroxyl groups excluding tert-OH is 2. The summed E-state index contributed by atoms with van der Waals surface area (Å²) >= 11 is 0. The molecule has 1 saturated carbocycles. The number of fused-ring (bicyclic) bond motifs is 1. The molecule has 24 heavy (non-hydrogen) atoms. The molecule has 5 unspecified atom stereocenters. The first-order chi connectivity index (χ1) is 11.4. The quantitative estimate of drug-likeness (QED) is 0.527. The predicted molar refractivity (Wildman–Crippen MR) is 84.9 cm³/mol. The number of aromatic nitrogens is 4. The van der Waals surface area contributed by atoms with Gasteiger partial charge in [-0.15, -0.1) is 0 Å². The summed E-state index contributed by atoms with van der Waals surface area (Å²) in [5.74, 6) is -2.26. The molecular weight excluding hydrogens is 337 g/mol. The van der Waals surface area contributed by atoms with E-state index in [1.54, 1.807) is 17.8 Å². The Balaban J connectivity index is 1.85. The van der Waals surface area contributed by atoms with Gasteiger partial charge in [0.15, 0.2) is 17.3 Å². The molecule has 132 valence electrons. The first-order valence-corrected chi connectivity index (χ1v) is 9.24. The lowest BCUT2D eigenvalue weighted by atomic mass is 9.69. The number of nitrogen functional groups attached to an aromatic ring is 1. The Bertz CT molecular complexity index is 783. The summed E-state index contributed by atoms with van der Waals surface area (Å²) < 4.78 is 18.5. The van der Waals surface area contributed by atoms with E-state index in [2.05, 4.69) is 15.0 Å². The van der Waals surface area contributed by atoms with Crippen LogP contribution < -0.4 is 5.73 Å². The molecule has 0 radical (unpaired) electrons. The van der Waals surface area contributed by atoms with Gasteiger partial charge in [-0.05, 0) is 13.3 Å². The van der Waals surface area contributed by atoms with Gasteiger partial charge in [-0.3, -0.25) is 4.57 Å². The first-order valence-electron chi connectivity index (χ1n) is 7.59. The SMILES string of the molecule is CCOP(=O)(O)C(O)C1CC(n2cnc3c(N)ncnc32)C1CO. The van der Waals surface area contributed by atoms with Gasteiger partial charge in [0.2, 0.25) is 0 Å². The van der Waals surface area contributed by atoms with Crippen molar-refractivity contribution in [2.24, 2.45) is 11.8 Å². The number of aliphatic hydroxyl groups is 2. The van der Waals surface area contributed by atoms with Gasteiger partial charge in [-0.2, -0.15) is 0 Å². The van der Waals surface area contributed by atoms with Crippen LogP contribution in [0.5, 0.6) is 0 Å². The number of anilines is 1. The fourth-order valence-corrected chi connectivity index (χ4v) is 4.60. The van der Waals surface area contributed by atoms with Gasteiger partial charge in [0.1, 0.15) is 11.8 Å². The molecule has 0 bridgehead atoms. The van der Waals surface area contributed by atoms with Crippen molar-refractivity contribution < 1.29 is 24.2 Å². The molecule has 2 aromatic heterocycles. The molecule has 1 aliphatic rings. The maximum atomic E-state index is 12.0. The zero-order valence-corrected chi connectivity index (χ0v) is 14.0. The van der Waals surface area contributed by atoms with Gasteiger partial charge in [0, 0.05) is 24.5 Å². The fourth-order valence-electron chi connectivity index (χ4n) is 3.25. The summed E-state index contributed by atoms with van der Waals surface area (Å²) in [6.07, 6.45) is 3.26. The largest absolute Gasteiger partial charge is 0.396 e. The third kappa shape index (κ3) is 2.70. The van der Waals surface area contributed by atoms with Crippen molar-refractivity contribution in [3.8, 4) is 0 Å². The van der Waals surface area contributed by atoms with E-state index in [1.165, 1.54) is 6.33 Å². The van der Waals surface area contributed by atoms with Crippen LogP contribution in [0.15, 0.2) is 12.7 Å². The molecule has 5 atom stereocenters. The van der Waals surface area contributed by atoms with Crippen LogP contribution in [-0.2, 0) is 9.09 Å². The van der Waals surface area contributed by atoms with Gasteiger partial charge in [-0.25, -0.2) is 15.0 Å². The van der Waals surface area contributed by atoms with Crippen LogP contribution in [0.4, 0.5) is 5.82 Å². The second-order valence-corrected chi connectivity index (χ2v) is 7.71. The fraction of sp³-hybridized carbons (Fsp3) is 0.615. The number of nitrogens with two attached hydrogens (primary N) is 1. The molecule has 11 heteroatoms. The Morgan fingerprint density at radius 1 is 1.50 bits per heavy atom. The Morgan fingerprint density at radius 3 is 2.92 bits per heavy atom. The van der Waals surface area contributed by atoms with Crippen molar-refractivity contribution in [3.63, 3.8) is 0 Å². The van der Waals surface area contributed by atoms with E-state index < -0.39 is 25.3 Å². The van der Waals surface area contributed by atoms with Crippen LogP contribution in [0.3, 0.4) is 0 Å². The predicted octanol–water partition coefficient (Wildman–Crippen LogP) is 0.118. The molecule has 2 heterocycles. The Hall–Kier alpha value is -1.58. The first kappa shape index (κ1) is 17.2. The summed E-state index contributed by atoms with van der Waals surface area (Å²) in [7, 11) is -4.14. The van der Waals surface area contributed by atoms with Crippen LogP contribution >= 0.6 is 7.60 Å². The second kappa shape index (κ2) is 6.38. The van der Waals surface area contributed by atoms with Crippen LogP contribution in [0, 0.1) is 11.8 Å². The smallest absolute Gasteiger partial charge is 0.356 e. The minimum Gasteiger partial charge on any atom is -0.396 e. The van der Waals surface area contributed by atoms with Crippen LogP contribution in [0.25, 0.3) is 11.2 Å². The molecule has 0 spiro atoms. The van der Waals surface area contributed by atoms with Gasteiger partial charge < -0.3 is 29.9 Å². The third-order valence-electron chi connectivity index (χ3n) is 4.54. The maximum Gasteiger partial charge on any atom is 0.356 e. The summed E-state index contributed by atoms with van der Waals surface area (Å²) in [4.78, 5) is 22.0. The zero-order valence-electron chi connectivity index (χ0n) is 13.1. The monoisotopic (exact) mass is 357 g/mol. The highest BCUT2D eigenvalue weighted by molar-refractivity contribution is 7.53. The molecule has 3 rings (SSSR count). The Kier molecular flexibility index (Phi) is 4.58. The van der Waals surface area contributed by atoms with E-state index in [4.69, 9.17) is 10.3 Å². The number of hydrogen-bond acceptors (Lipinski definition) is 8. The summed E-state index contributed by atoms with van der Waals surface area (Å²) in [6, 6.07) is -0.212. The van der Waals surface area contributed by atoms with E-state index in [1.807, 2.05) is 0 Å². The van der Waals surface area contributed by atoms with Crippen molar-refractivity contribution in [3.05, 3.63) is 12.7 Å². The van der Waals surface area contributed by atoms with Gasteiger partial charge in [-0.1, -0.05) is 0 Å². The highest BCUT2D eigenvalue weighted by Gasteiger charge is 2.51. The zero-order chi connectivity index (χ0) is 17.5. The average Bonchev–Trinajstić information content (AvgIpc) is 2.92.